The van der Waals surface area contributed by atoms with Crippen LogP contribution < -0.4 is 11.5 Å². The molecule has 0 aliphatic rings. The molecule has 0 aliphatic heterocycles. The van der Waals surface area contributed by atoms with E-state index < -0.39 is 22.4 Å². The van der Waals surface area contributed by atoms with Crippen LogP contribution in [0.3, 0.4) is 0 Å². The lowest BCUT2D eigenvalue weighted by atomic mass is 10.1. The van der Waals surface area contributed by atoms with Gasteiger partial charge in [-0.05, 0) is 6.07 Å². The number of nitrogens with zero attached hydrogens (tertiary/aromatic N) is 1. The number of benzene rings is 1. The minimum Gasteiger partial charge on any atom is -0.502 e. The maximum absolute atomic E-state index is 10.6. The average molecular weight is 232 g/mol. The predicted molar refractivity (Wildman–Crippen MR) is 55.8 cm³/mol. The van der Waals surface area contributed by atoms with Crippen molar-refractivity contribution in [1.82, 2.24) is 0 Å². The molecule has 5 N–H and O–H groups in total. The van der Waals surface area contributed by atoms with Gasteiger partial charge in [-0.3, -0.25) is 10.1 Å². The first kappa shape index (κ1) is 11.7. The molecule has 7 heteroatoms. The Balaban J connectivity index is 3.34. The highest BCUT2D eigenvalue weighted by Crippen LogP contribution is 2.35. The highest BCUT2D eigenvalue weighted by atomic mass is 35.5. The zero-order valence-corrected chi connectivity index (χ0v) is 8.44. The lowest BCUT2D eigenvalue weighted by Gasteiger charge is -2.11. The van der Waals surface area contributed by atoms with Gasteiger partial charge in [-0.2, -0.15) is 0 Å². The number of phenolic OH excluding ortho intramolecular Hbond substituents is 1. The Morgan fingerprint density at radius 1 is 1.60 bits per heavy atom. The molecular weight excluding hydrogens is 222 g/mol. The second kappa shape index (κ2) is 4.43. The van der Waals surface area contributed by atoms with E-state index in [1.165, 1.54) is 6.07 Å². The van der Waals surface area contributed by atoms with Crippen LogP contribution in [0.2, 0.25) is 5.02 Å². The second-order valence-corrected chi connectivity index (χ2v) is 3.40. The number of rotatable bonds is 3. The van der Waals surface area contributed by atoms with Crippen molar-refractivity contribution < 1.29 is 10.0 Å². The Bertz CT molecular complexity index is 397. The molecule has 1 atom stereocenters. The van der Waals surface area contributed by atoms with Crippen LogP contribution in [0.15, 0.2) is 12.1 Å². The van der Waals surface area contributed by atoms with Crippen LogP contribution in [0, 0.1) is 10.1 Å². The fourth-order valence-corrected chi connectivity index (χ4v) is 1.38. The number of halogens is 1. The summed E-state index contributed by atoms with van der Waals surface area (Å²) < 4.78 is 0. The van der Waals surface area contributed by atoms with E-state index in [4.69, 9.17) is 23.1 Å². The van der Waals surface area contributed by atoms with E-state index >= 15 is 0 Å². The number of nitro benzene ring substituents is 1. The number of nitro groups is 1. The molecule has 0 saturated carbocycles. The minimum atomic E-state index is -0.728. The van der Waals surface area contributed by atoms with Gasteiger partial charge in [-0.25, -0.2) is 0 Å². The van der Waals surface area contributed by atoms with Gasteiger partial charge in [0.25, 0.3) is 0 Å². The van der Waals surface area contributed by atoms with Gasteiger partial charge in [-0.15, -0.1) is 0 Å². The lowest BCUT2D eigenvalue weighted by Crippen LogP contribution is -2.21. The third-order valence-electron chi connectivity index (χ3n) is 1.93. The first-order valence-electron chi connectivity index (χ1n) is 4.09. The molecule has 0 amide bonds. The quantitative estimate of drug-likeness (QED) is 0.528. The third kappa shape index (κ3) is 2.35. The summed E-state index contributed by atoms with van der Waals surface area (Å²) in [6, 6.07) is 1.74. The van der Waals surface area contributed by atoms with Gasteiger partial charge in [0.2, 0.25) is 0 Å². The Morgan fingerprint density at radius 3 is 2.67 bits per heavy atom. The predicted octanol–water partition coefficient (Wildman–Crippen LogP) is 0.912. The van der Waals surface area contributed by atoms with Crippen molar-refractivity contribution in [3.8, 4) is 5.75 Å². The summed E-state index contributed by atoms with van der Waals surface area (Å²) in [6.07, 6.45) is 0. The van der Waals surface area contributed by atoms with Crippen LogP contribution >= 0.6 is 11.6 Å². The monoisotopic (exact) mass is 231 g/mol. The van der Waals surface area contributed by atoms with Gasteiger partial charge < -0.3 is 16.6 Å². The van der Waals surface area contributed by atoms with Crippen molar-refractivity contribution in [2.45, 2.75) is 6.04 Å². The minimum absolute atomic E-state index is 0.0606. The topological polar surface area (TPSA) is 115 Å². The third-order valence-corrected chi connectivity index (χ3v) is 2.15. The molecule has 82 valence electrons. The fourth-order valence-electron chi connectivity index (χ4n) is 1.15. The van der Waals surface area contributed by atoms with Gasteiger partial charge in [0.05, 0.1) is 4.92 Å². The second-order valence-electron chi connectivity index (χ2n) is 2.96. The molecule has 0 saturated heterocycles. The number of hydrogen-bond acceptors (Lipinski definition) is 5. The summed E-state index contributed by atoms with van der Waals surface area (Å²) in [6.45, 7) is 0.0606. The normalized spacial score (nSPS) is 12.5. The summed E-state index contributed by atoms with van der Waals surface area (Å²) in [7, 11) is 0. The Labute approximate surface area is 90.6 Å². The van der Waals surface area contributed by atoms with Crippen molar-refractivity contribution in [2.24, 2.45) is 11.5 Å². The van der Waals surface area contributed by atoms with Crippen molar-refractivity contribution in [1.29, 1.82) is 0 Å². The van der Waals surface area contributed by atoms with Crippen molar-refractivity contribution in [3.63, 3.8) is 0 Å². The molecule has 6 nitrogen and oxygen atoms in total. The van der Waals surface area contributed by atoms with Gasteiger partial charge in [-0.1, -0.05) is 11.6 Å². The van der Waals surface area contributed by atoms with Crippen LogP contribution in [-0.4, -0.2) is 16.6 Å². The van der Waals surface area contributed by atoms with Crippen LogP contribution in [-0.2, 0) is 0 Å². The van der Waals surface area contributed by atoms with Gasteiger partial charge >= 0.3 is 5.69 Å². The summed E-state index contributed by atoms with van der Waals surface area (Å²) in [4.78, 5) is 9.82. The molecule has 0 unspecified atom stereocenters. The molecule has 1 aromatic carbocycles. The van der Waals surface area contributed by atoms with Gasteiger partial charge in [0, 0.05) is 29.2 Å². The Morgan fingerprint density at radius 2 is 2.20 bits per heavy atom. The number of phenols is 1. The summed E-state index contributed by atoms with van der Waals surface area (Å²) in [5, 5.41) is 20.2. The lowest BCUT2D eigenvalue weighted by molar-refractivity contribution is -0.385. The summed E-state index contributed by atoms with van der Waals surface area (Å²) in [5.41, 5.74) is 10.6. The Hall–Kier alpha value is -1.37. The Kier molecular flexibility index (Phi) is 3.46. The average Bonchev–Trinajstić information content (AvgIpc) is 2.19. The van der Waals surface area contributed by atoms with Gasteiger partial charge in [0.1, 0.15) is 0 Å². The molecular formula is C8H10ClN3O3. The molecule has 0 aliphatic carbocycles. The first-order valence-corrected chi connectivity index (χ1v) is 4.47. The maximum atomic E-state index is 10.6. The van der Waals surface area contributed by atoms with Crippen LogP contribution in [0.25, 0.3) is 0 Å². The summed E-state index contributed by atoms with van der Waals surface area (Å²) in [5.74, 6) is -0.484. The van der Waals surface area contributed by atoms with E-state index in [2.05, 4.69) is 0 Å². The fraction of sp³-hybridized carbons (Fsp3) is 0.250. The zero-order chi connectivity index (χ0) is 11.6. The van der Waals surface area contributed by atoms with E-state index in [9.17, 15) is 15.2 Å². The number of hydrogen-bond donors (Lipinski definition) is 3. The SMILES string of the molecule is NC[C@H](N)c1cc(Cl)cc([N+](=O)[O-])c1O. The maximum Gasteiger partial charge on any atom is 0.312 e. The molecule has 1 rings (SSSR count). The highest BCUT2D eigenvalue weighted by molar-refractivity contribution is 6.31. The molecule has 0 heterocycles. The van der Waals surface area contributed by atoms with Crippen LogP contribution in [0.5, 0.6) is 5.75 Å². The smallest absolute Gasteiger partial charge is 0.312 e. The summed E-state index contributed by atoms with van der Waals surface area (Å²) >= 11 is 5.66. The van der Waals surface area contributed by atoms with E-state index in [-0.39, 0.29) is 17.1 Å². The largest absolute Gasteiger partial charge is 0.502 e. The highest BCUT2D eigenvalue weighted by Gasteiger charge is 2.21. The van der Waals surface area contributed by atoms with E-state index in [0.717, 1.165) is 6.07 Å². The van der Waals surface area contributed by atoms with Crippen LogP contribution in [0.4, 0.5) is 5.69 Å². The molecule has 0 spiro atoms. The number of nitrogens with two attached hydrogens (primary N) is 2. The standard InChI is InChI=1S/C8H10ClN3O3/c9-4-1-5(6(11)3-10)8(13)7(2-4)12(14)15/h1-2,6,13H,3,10-11H2/t6-/m0/s1. The molecule has 0 bridgehead atoms. The molecule has 1 aromatic rings. The first-order chi connectivity index (χ1) is 6.97. The molecule has 15 heavy (non-hydrogen) atoms. The van der Waals surface area contributed by atoms with E-state index in [0.29, 0.717) is 0 Å². The van der Waals surface area contributed by atoms with E-state index in [1.54, 1.807) is 0 Å². The van der Waals surface area contributed by atoms with Crippen molar-refractivity contribution >= 4 is 17.3 Å². The molecule has 0 radical (unpaired) electrons. The number of aromatic hydroxyl groups is 1. The van der Waals surface area contributed by atoms with E-state index in [1.807, 2.05) is 0 Å². The molecule has 0 aromatic heterocycles. The van der Waals surface area contributed by atoms with Crippen molar-refractivity contribution in [3.05, 3.63) is 32.8 Å². The van der Waals surface area contributed by atoms with Gasteiger partial charge in [0.15, 0.2) is 5.75 Å². The zero-order valence-electron chi connectivity index (χ0n) is 7.68. The molecule has 0 fully saturated rings. The van der Waals surface area contributed by atoms with Crippen LogP contribution in [0.1, 0.15) is 11.6 Å². The van der Waals surface area contributed by atoms with Crippen molar-refractivity contribution in [2.75, 3.05) is 6.54 Å².